The van der Waals surface area contributed by atoms with E-state index in [0.29, 0.717) is 26.3 Å². The zero-order valence-corrected chi connectivity index (χ0v) is 16.1. The predicted octanol–water partition coefficient (Wildman–Crippen LogP) is 4.78. The van der Waals surface area contributed by atoms with Crippen LogP contribution in [0, 0.1) is 0 Å². The lowest BCUT2D eigenvalue weighted by Gasteiger charge is -2.12. The van der Waals surface area contributed by atoms with Crippen molar-refractivity contribution < 1.29 is 27.4 Å². The number of thioether (sulfide) groups is 1. The van der Waals surface area contributed by atoms with Gasteiger partial charge in [-0.3, -0.25) is 4.79 Å². The number of rotatable bonds is 5. The number of methoxy groups -OCH3 is 1. The van der Waals surface area contributed by atoms with Gasteiger partial charge in [-0.25, -0.2) is 0 Å². The van der Waals surface area contributed by atoms with Crippen molar-refractivity contribution in [2.45, 2.75) is 12.8 Å². The number of carbonyl (C=O) groups excluding carboxylic acids is 1. The molecule has 1 fully saturated rings. The van der Waals surface area contributed by atoms with Crippen LogP contribution in [0.5, 0.6) is 11.5 Å². The highest BCUT2D eigenvalue weighted by Crippen LogP contribution is 2.33. The number of thiocarbonyl (C=S) groups is 1. The monoisotopic (exact) mass is 425 g/mol. The van der Waals surface area contributed by atoms with E-state index in [1.165, 1.54) is 31.0 Å². The van der Waals surface area contributed by atoms with Gasteiger partial charge in [0.15, 0.2) is 11.5 Å². The normalized spacial score (nSPS) is 15.6. The Balaban J connectivity index is 1.72. The van der Waals surface area contributed by atoms with E-state index in [1.807, 2.05) is 0 Å². The summed E-state index contributed by atoms with van der Waals surface area (Å²) in [4.78, 5) is 12.2. The van der Waals surface area contributed by atoms with E-state index >= 15 is 0 Å². The highest BCUT2D eigenvalue weighted by Gasteiger charge is 2.29. The minimum Gasteiger partial charge on any atom is -0.493 e. The third kappa shape index (κ3) is 4.85. The summed E-state index contributed by atoms with van der Waals surface area (Å²) in [6, 6.07) is 9.88. The third-order valence-electron chi connectivity index (χ3n) is 3.80. The van der Waals surface area contributed by atoms with E-state index in [-0.39, 0.29) is 12.5 Å². The van der Waals surface area contributed by atoms with Gasteiger partial charge in [0.25, 0.3) is 5.91 Å². The standard InChI is InChI=1S/C19H14F3NO3S2/c1-25-15-8-12(9-16-17(24)23-18(27)28-16)4-7-14(15)26-10-11-2-5-13(6-3-11)19(20,21)22/h2-9H,10H2,1H3,(H,23,24,27)/b16-9-. The highest BCUT2D eigenvalue weighted by atomic mass is 32.2. The van der Waals surface area contributed by atoms with Crippen LogP contribution in [-0.4, -0.2) is 17.3 Å². The number of benzene rings is 2. The average Bonchev–Trinajstić information content (AvgIpc) is 2.97. The van der Waals surface area contributed by atoms with Crippen LogP contribution < -0.4 is 14.8 Å². The van der Waals surface area contributed by atoms with Crippen molar-refractivity contribution >= 4 is 40.3 Å². The number of alkyl halides is 3. The molecule has 0 aliphatic carbocycles. The fourth-order valence-electron chi connectivity index (χ4n) is 2.42. The molecule has 0 spiro atoms. The number of carbonyl (C=O) groups is 1. The molecule has 2 aromatic rings. The minimum atomic E-state index is -4.37. The summed E-state index contributed by atoms with van der Waals surface area (Å²) in [6.07, 6.45) is -2.69. The van der Waals surface area contributed by atoms with Crippen molar-refractivity contribution in [3.63, 3.8) is 0 Å². The summed E-state index contributed by atoms with van der Waals surface area (Å²) in [6.45, 7) is 0.0848. The third-order valence-corrected chi connectivity index (χ3v) is 4.97. The number of amides is 1. The molecule has 3 rings (SSSR count). The van der Waals surface area contributed by atoms with E-state index in [4.69, 9.17) is 21.7 Å². The predicted molar refractivity (Wildman–Crippen MR) is 105 cm³/mol. The SMILES string of the molecule is COc1cc(/C=C2\SC(=S)NC2=O)ccc1OCc1ccc(C(F)(F)F)cc1. The Kier molecular flexibility index (Phi) is 5.95. The summed E-state index contributed by atoms with van der Waals surface area (Å²) >= 11 is 6.13. The van der Waals surface area contributed by atoms with Crippen molar-refractivity contribution in [3.8, 4) is 11.5 Å². The van der Waals surface area contributed by atoms with Crippen LogP contribution >= 0.6 is 24.0 Å². The molecule has 0 radical (unpaired) electrons. The van der Waals surface area contributed by atoms with Crippen LogP contribution in [0.2, 0.25) is 0 Å². The zero-order valence-electron chi connectivity index (χ0n) is 14.5. The Bertz CT molecular complexity index is 940. The van der Waals surface area contributed by atoms with Gasteiger partial charge < -0.3 is 14.8 Å². The van der Waals surface area contributed by atoms with Gasteiger partial charge in [0.1, 0.15) is 10.9 Å². The number of ether oxygens (including phenoxy) is 2. The molecule has 2 aromatic carbocycles. The van der Waals surface area contributed by atoms with Crippen LogP contribution in [0.25, 0.3) is 6.08 Å². The first-order valence-electron chi connectivity index (χ1n) is 7.98. The van der Waals surface area contributed by atoms with Crippen LogP contribution in [0.4, 0.5) is 13.2 Å². The van der Waals surface area contributed by atoms with E-state index < -0.39 is 11.7 Å². The minimum absolute atomic E-state index is 0.0848. The molecule has 4 nitrogen and oxygen atoms in total. The fourth-order valence-corrected chi connectivity index (χ4v) is 3.46. The number of nitrogens with one attached hydrogen (secondary N) is 1. The van der Waals surface area contributed by atoms with E-state index in [9.17, 15) is 18.0 Å². The Morgan fingerprint density at radius 1 is 1.14 bits per heavy atom. The van der Waals surface area contributed by atoms with Gasteiger partial charge in [-0.2, -0.15) is 13.2 Å². The van der Waals surface area contributed by atoms with E-state index in [1.54, 1.807) is 24.3 Å². The fraction of sp³-hybridized carbons (Fsp3) is 0.158. The van der Waals surface area contributed by atoms with Crippen molar-refractivity contribution in [3.05, 3.63) is 64.1 Å². The molecule has 1 aliphatic heterocycles. The summed E-state index contributed by atoms with van der Waals surface area (Å²) in [5, 5.41) is 2.54. The molecule has 146 valence electrons. The topological polar surface area (TPSA) is 47.6 Å². The lowest BCUT2D eigenvalue weighted by atomic mass is 10.1. The first-order chi connectivity index (χ1) is 13.3. The van der Waals surface area contributed by atoms with Crippen molar-refractivity contribution in [2.75, 3.05) is 7.11 Å². The molecule has 0 saturated carbocycles. The van der Waals surface area contributed by atoms with Gasteiger partial charge in [0, 0.05) is 0 Å². The molecule has 0 unspecified atom stereocenters. The van der Waals surface area contributed by atoms with Gasteiger partial charge in [-0.05, 0) is 41.5 Å². The maximum absolute atomic E-state index is 12.6. The van der Waals surface area contributed by atoms with Crippen molar-refractivity contribution in [1.82, 2.24) is 5.32 Å². The maximum Gasteiger partial charge on any atom is 0.416 e. The number of halogens is 3. The van der Waals surface area contributed by atoms with Gasteiger partial charge in [-0.1, -0.05) is 42.2 Å². The summed E-state index contributed by atoms with van der Waals surface area (Å²) in [7, 11) is 1.48. The molecule has 28 heavy (non-hydrogen) atoms. The summed E-state index contributed by atoms with van der Waals surface area (Å²) in [5.74, 6) is 0.618. The first-order valence-corrected chi connectivity index (χ1v) is 9.20. The second kappa shape index (κ2) is 8.24. The maximum atomic E-state index is 12.6. The summed E-state index contributed by atoms with van der Waals surface area (Å²) < 4.78 is 49.2. The Morgan fingerprint density at radius 3 is 2.43 bits per heavy atom. The van der Waals surface area contributed by atoms with Gasteiger partial charge in [0.05, 0.1) is 17.6 Å². The zero-order chi connectivity index (χ0) is 20.3. The molecule has 1 N–H and O–H groups in total. The molecule has 1 saturated heterocycles. The number of hydrogen-bond donors (Lipinski definition) is 1. The molecule has 1 aliphatic rings. The van der Waals surface area contributed by atoms with Crippen LogP contribution in [0.15, 0.2) is 47.4 Å². The largest absolute Gasteiger partial charge is 0.493 e. The summed E-state index contributed by atoms with van der Waals surface area (Å²) in [5.41, 5.74) is 0.606. The average molecular weight is 425 g/mol. The second-order valence-corrected chi connectivity index (χ2v) is 7.46. The molecular formula is C19H14F3NO3S2. The smallest absolute Gasteiger partial charge is 0.416 e. The highest BCUT2D eigenvalue weighted by molar-refractivity contribution is 8.26. The van der Waals surface area contributed by atoms with Gasteiger partial charge >= 0.3 is 6.18 Å². The molecular weight excluding hydrogens is 411 g/mol. The van der Waals surface area contributed by atoms with Crippen LogP contribution in [0.3, 0.4) is 0 Å². The molecule has 1 amide bonds. The molecule has 0 bridgehead atoms. The van der Waals surface area contributed by atoms with Crippen molar-refractivity contribution in [1.29, 1.82) is 0 Å². The molecule has 9 heteroatoms. The first kappa shape index (κ1) is 20.2. The Labute approximate surface area is 168 Å². The van der Waals surface area contributed by atoms with Crippen LogP contribution in [-0.2, 0) is 17.6 Å². The molecule has 1 heterocycles. The lowest BCUT2D eigenvalue weighted by molar-refractivity contribution is -0.137. The van der Waals surface area contributed by atoms with Crippen LogP contribution in [0.1, 0.15) is 16.7 Å². The number of hydrogen-bond acceptors (Lipinski definition) is 5. The van der Waals surface area contributed by atoms with Gasteiger partial charge in [0.2, 0.25) is 0 Å². The molecule has 0 aromatic heterocycles. The lowest BCUT2D eigenvalue weighted by Crippen LogP contribution is -2.17. The Morgan fingerprint density at radius 2 is 1.86 bits per heavy atom. The van der Waals surface area contributed by atoms with E-state index in [0.717, 1.165) is 17.7 Å². The quantitative estimate of drug-likeness (QED) is 0.552. The van der Waals surface area contributed by atoms with Gasteiger partial charge in [-0.15, -0.1) is 0 Å². The Hall–Kier alpha value is -2.52. The van der Waals surface area contributed by atoms with Crippen molar-refractivity contribution in [2.24, 2.45) is 0 Å². The molecule has 0 atom stereocenters. The second-order valence-electron chi connectivity index (χ2n) is 5.75. The van der Waals surface area contributed by atoms with E-state index in [2.05, 4.69) is 5.32 Å².